The normalized spacial score (nSPS) is 21.0. The lowest BCUT2D eigenvalue weighted by Crippen LogP contribution is -2.43. The first-order chi connectivity index (χ1) is 12.0. The summed E-state index contributed by atoms with van der Waals surface area (Å²) in [5.41, 5.74) is 0.466. The van der Waals surface area contributed by atoms with Crippen LogP contribution in [0.5, 0.6) is 5.75 Å². The van der Waals surface area contributed by atoms with Gasteiger partial charge in [0.1, 0.15) is 5.75 Å². The van der Waals surface area contributed by atoms with E-state index >= 15 is 0 Å². The van der Waals surface area contributed by atoms with Crippen LogP contribution in [0.15, 0.2) is 24.3 Å². The average Bonchev–Trinajstić information content (AvgIpc) is 2.65. The van der Waals surface area contributed by atoms with E-state index in [2.05, 4.69) is 5.32 Å². The first-order valence-corrected chi connectivity index (χ1v) is 8.23. The van der Waals surface area contributed by atoms with E-state index < -0.39 is 35.7 Å². The van der Waals surface area contributed by atoms with Crippen LogP contribution in [0.1, 0.15) is 37.3 Å². The molecule has 0 heterocycles. The molecule has 0 aliphatic heterocycles. The number of amides is 1. The van der Waals surface area contributed by atoms with Crippen molar-refractivity contribution in [3.63, 3.8) is 0 Å². The number of para-hydroxylation sites is 1. The maximum Gasteiger partial charge on any atom is 0.333 e. The van der Waals surface area contributed by atoms with Gasteiger partial charge in [-0.15, -0.1) is 0 Å². The molecule has 0 saturated heterocycles. The number of carboxylic acids is 1. The van der Waals surface area contributed by atoms with Crippen molar-refractivity contribution in [1.82, 2.24) is 5.32 Å². The van der Waals surface area contributed by atoms with Gasteiger partial charge in [-0.3, -0.25) is 9.59 Å². The summed E-state index contributed by atoms with van der Waals surface area (Å²) in [6, 6.07) is 5.76. The highest BCUT2D eigenvalue weighted by molar-refractivity contribution is 5.89. The Morgan fingerprint density at radius 3 is 2.36 bits per heavy atom. The summed E-state index contributed by atoms with van der Waals surface area (Å²) in [6.45, 7) is 0. The number of benzene rings is 1. The number of ether oxygens (including phenoxy) is 2. The molecule has 0 spiro atoms. The monoisotopic (exact) mass is 349 g/mol. The van der Waals surface area contributed by atoms with Crippen molar-refractivity contribution in [2.24, 2.45) is 11.8 Å². The zero-order valence-electron chi connectivity index (χ0n) is 14.4. The Morgan fingerprint density at radius 1 is 1.12 bits per heavy atom. The van der Waals surface area contributed by atoms with Crippen molar-refractivity contribution >= 4 is 17.8 Å². The van der Waals surface area contributed by atoms with Crippen LogP contribution in [0, 0.1) is 11.8 Å². The van der Waals surface area contributed by atoms with Gasteiger partial charge in [-0.05, 0) is 18.9 Å². The molecule has 1 aliphatic rings. The fraction of sp³-hybridized carbons (Fsp3) is 0.500. The number of carbonyl (C=O) groups is 3. The molecule has 0 bridgehead atoms. The van der Waals surface area contributed by atoms with Gasteiger partial charge in [0.05, 0.1) is 26.1 Å². The molecule has 1 fully saturated rings. The Balaban J connectivity index is 2.26. The zero-order valence-corrected chi connectivity index (χ0v) is 14.4. The molecule has 1 aliphatic carbocycles. The third-order valence-corrected chi connectivity index (χ3v) is 4.59. The van der Waals surface area contributed by atoms with Crippen molar-refractivity contribution in [3.05, 3.63) is 29.8 Å². The molecule has 1 aromatic rings. The molecule has 3 unspecified atom stereocenters. The van der Waals surface area contributed by atoms with E-state index in [-0.39, 0.29) is 0 Å². The molecule has 1 aromatic carbocycles. The first kappa shape index (κ1) is 18.8. The molecule has 2 N–H and O–H groups in total. The van der Waals surface area contributed by atoms with Crippen molar-refractivity contribution in [2.45, 2.75) is 31.7 Å². The van der Waals surface area contributed by atoms with Crippen LogP contribution in [0.2, 0.25) is 0 Å². The van der Waals surface area contributed by atoms with Gasteiger partial charge in [0.2, 0.25) is 5.91 Å². The largest absolute Gasteiger partial charge is 0.496 e. The Bertz CT molecular complexity index is 644. The second-order valence-corrected chi connectivity index (χ2v) is 6.04. The van der Waals surface area contributed by atoms with Gasteiger partial charge < -0.3 is 19.9 Å². The van der Waals surface area contributed by atoms with Gasteiger partial charge in [-0.25, -0.2) is 4.79 Å². The van der Waals surface area contributed by atoms with E-state index in [9.17, 15) is 19.5 Å². The number of carbonyl (C=O) groups excluding carboxylic acids is 2. The van der Waals surface area contributed by atoms with Crippen LogP contribution in [0.25, 0.3) is 0 Å². The van der Waals surface area contributed by atoms with Crippen LogP contribution < -0.4 is 10.1 Å². The Labute approximate surface area is 146 Å². The van der Waals surface area contributed by atoms with Crippen molar-refractivity contribution in [3.8, 4) is 5.75 Å². The van der Waals surface area contributed by atoms with Crippen molar-refractivity contribution in [2.75, 3.05) is 14.2 Å². The number of aliphatic carboxylic acids is 1. The highest BCUT2D eigenvalue weighted by Gasteiger charge is 2.38. The molecular weight excluding hydrogens is 326 g/mol. The van der Waals surface area contributed by atoms with Crippen LogP contribution >= 0.6 is 0 Å². The molecule has 2 rings (SSSR count). The summed E-state index contributed by atoms with van der Waals surface area (Å²) in [5, 5.41) is 12.0. The predicted octanol–water partition coefficient (Wildman–Crippen LogP) is 1.92. The van der Waals surface area contributed by atoms with E-state index in [0.717, 1.165) is 12.8 Å². The Morgan fingerprint density at radius 2 is 1.76 bits per heavy atom. The summed E-state index contributed by atoms with van der Waals surface area (Å²) < 4.78 is 10.1. The lowest BCUT2D eigenvalue weighted by atomic mass is 9.78. The minimum atomic E-state index is -1.05. The third-order valence-electron chi connectivity index (χ3n) is 4.59. The lowest BCUT2D eigenvalue weighted by molar-refractivity contribution is -0.150. The van der Waals surface area contributed by atoms with E-state index in [1.807, 2.05) is 0 Å². The molecular formula is C18H23NO6. The van der Waals surface area contributed by atoms with Crippen LogP contribution in [0.3, 0.4) is 0 Å². The molecule has 136 valence electrons. The highest BCUT2D eigenvalue weighted by Crippen LogP contribution is 2.32. The highest BCUT2D eigenvalue weighted by atomic mass is 16.5. The van der Waals surface area contributed by atoms with E-state index in [0.29, 0.717) is 24.2 Å². The van der Waals surface area contributed by atoms with Gasteiger partial charge in [0.25, 0.3) is 0 Å². The van der Waals surface area contributed by atoms with Crippen molar-refractivity contribution in [1.29, 1.82) is 0 Å². The standard InChI is InChI=1S/C18H23NO6/c1-24-14-10-6-5-9-13(14)15(18(23)25-2)19-16(20)11-7-3-4-8-12(11)17(21)22/h5-6,9-12,15H,3-4,7-8H2,1-2H3,(H,19,20)(H,21,22). The maximum atomic E-state index is 12.7. The summed E-state index contributed by atoms with van der Waals surface area (Å²) in [4.78, 5) is 36.3. The van der Waals surface area contributed by atoms with Gasteiger partial charge in [-0.2, -0.15) is 0 Å². The minimum absolute atomic E-state index is 0.441. The number of carboxylic acid groups (broad SMARTS) is 1. The zero-order chi connectivity index (χ0) is 18.4. The summed E-state index contributed by atoms with van der Waals surface area (Å²) >= 11 is 0. The number of hydrogen-bond donors (Lipinski definition) is 2. The second kappa shape index (κ2) is 8.50. The number of nitrogens with one attached hydrogen (secondary N) is 1. The topological polar surface area (TPSA) is 102 Å². The van der Waals surface area contributed by atoms with E-state index in [1.165, 1.54) is 14.2 Å². The molecule has 1 amide bonds. The van der Waals surface area contributed by atoms with E-state index in [4.69, 9.17) is 9.47 Å². The van der Waals surface area contributed by atoms with Crippen LogP contribution in [-0.2, 0) is 19.1 Å². The smallest absolute Gasteiger partial charge is 0.333 e. The summed E-state index contributed by atoms with van der Waals surface area (Å²) in [6.07, 6.45) is 2.53. The molecule has 3 atom stereocenters. The van der Waals surface area contributed by atoms with Gasteiger partial charge in [-0.1, -0.05) is 31.0 Å². The van der Waals surface area contributed by atoms with E-state index in [1.54, 1.807) is 24.3 Å². The molecule has 25 heavy (non-hydrogen) atoms. The van der Waals surface area contributed by atoms with Gasteiger partial charge in [0.15, 0.2) is 6.04 Å². The van der Waals surface area contributed by atoms with Crippen LogP contribution in [0.4, 0.5) is 0 Å². The Hall–Kier alpha value is -2.57. The third kappa shape index (κ3) is 4.29. The van der Waals surface area contributed by atoms with Gasteiger partial charge >= 0.3 is 11.9 Å². The average molecular weight is 349 g/mol. The second-order valence-electron chi connectivity index (χ2n) is 6.04. The maximum absolute atomic E-state index is 12.7. The fourth-order valence-corrected chi connectivity index (χ4v) is 3.28. The van der Waals surface area contributed by atoms with Gasteiger partial charge in [0, 0.05) is 5.56 Å². The number of hydrogen-bond acceptors (Lipinski definition) is 5. The molecule has 7 heteroatoms. The molecule has 0 aromatic heterocycles. The summed E-state index contributed by atoms with van der Waals surface area (Å²) in [5.74, 6) is -3.02. The molecule has 1 saturated carbocycles. The first-order valence-electron chi connectivity index (χ1n) is 8.23. The molecule has 0 radical (unpaired) electrons. The summed E-state index contributed by atoms with van der Waals surface area (Å²) in [7, 11) is 2.70. The quantitative estimate of drug-likeness (QED) is 0.761. The number of methoxy groups -OCH3 is 2. The SMILES string of the molecule is COC(=O)C(NC(=O)C1CCCCC1C(=O)O)c1ccccc1OC. The fourth-order valence-electron chi connectivity index (χ4n) is 3.28. The van der Waals surface area contributed by atoms with Crippen molar-refractivity contribution < 1.29 is 29.0 Å². The molecule has 7 nitrogen and oxygen atoms in total. The predicted molar refractivity (Wildman–Crippen MR) is 89.0 cm³/mol. The Kier molecular flexibility index (Phi) is 6.38. The number of esters is 1. The lowest BCUT2D eigenvalue weighted by Gasteiger charge is -2.29. The number of rotatable bonds is 6. The minimum Gasteiger partial charge on any atom is -0.496 e. The van der Waals surface area contributed by atoms with Crippen LogP contribution in [-0.4, -0.2) is 37.2 Å².